The van der Waals surface area contributed by atoms with E-state index < -0.39 is 0 Å². The maximum absolute atomic E-state index is 6.06. The Morgan fingerprint density at radius 2 is 1.56 bits per heavy atom. The molecule has 0 aromatic heterocycles. The normalized spacial score (nSPS) is 10.8. The second kappa shape index (κ2) is 4.04. The zero-order chi connectivity index (χ0) is 11.9. The Labute approximate surface area is 105 Å². The van der Waals surface area contributed by atoms with E-state index in [-0.39, 0.29) is 0 Å². The van der Waals surface area contributed by atoms with Crippen LogP contribution in [0.2, 0.25) is 10.0 Å². The molecule has 0 unspecified atom stereocenters. The maximum Gasteiger partial charge on any atom is 0.0476 e. The number of nitrogens with two attached hydrogens (primary N) is 1. The summed E-state index contributed by atoms with van der Waals surface area (Å²) < 4.78 is 0. The third-order valence-corrected chi connectivity index (χ3v) is 2.91. The van der Waals surface area contributed by atoms with Crippen molar-refractivity contribution in [3.05, 3.63) is 34.3 Å². The minimum Gasteiger partial charge on any atom is -0.398 e. The van der Waals surface area contributed by atoms with E-state index in [2.05, 4.69) is 0 Å². The van der Waals surface area contributed by atoms with Crippen LogP contribution in [0.4, 0.5) is 11.4 Å². The molecule has 0 amide bonds. The summed E-state index contributed by atoms with van der Waals surface area (Å²) in [5, 5.41) is 3.25. The number of halogens is 2. The van der Waals surface area contributed by atoms with Gasteiger partial charge in [-0.1, -0.05) is 23.2 Å². The Morgan fingerprint density at radius 1 is 1.00 bits per heavy atom. The molecule has 0 bridgehead atoms. The Balaban J connectivity index is 2.90. The summed E-state index contributed by atoms with van der Waals surface area (Å²) in [5.74, 6) is 0. The van der Waals surface area contributed by atoms with Crippen LogP contribution in [-0.4, -0.2) is 14.1 Å². The van der Waals surface area contributed by atoms with E-state index >= 15 is 0 Å². The fraction of sp³-hybridized carbons (Fsp3) is 0.167. The van der Waals surface area contributed by atoms with Gasteiger partial charge >= 0.3 is 0 Å². The van der Waals surface area contributed by atoms with Gasteiger partial charge in [-0.2, -0.15) is 0 Å². The zero-order valence-electron chi connectivity index (χ0n) is 9.09. The smallest absolute Gasteiger partial charge is 0.0476 e. The number of anilines is 2. The summed E-state index contributed by atoms with van der Waals surface area (Å²) in [5.41, 5.74) is 7.66. The van der Waals surface area contributed by atoms with Gasteiger partial charge in [0, 0.05) is 40.9 Å². The summed E-state index contributed by atoms with van der Waals surface area (Å²) in [6.45, 7) is 0. The molecule has 0 aliphatic heterocycles. The average molecular weight is 255 g/mol. The lowest BCUT2D eigenvalue weighted by molar-refractivity contribution is 1.14. The van der Waals surface area contributed by atoms with Crippen LogP contribution in [0.25, 0.3) is 10.8 Å². The monoisotopic (exact) mass is 254 g/mol. The topological polar surface area (TPSA) is 29.3 Å². The van der Waals surface area contributed by atoms with Crippen LogP contribution in [0.15, 0.2) is 24.3 Å². The van der Waals surface area contributed by atoms with Crippen molar-refractivity contribution in [3.8, 4) is 0 Å². The van der Waals surface area contributed by atoms with Crippen molar-refractivity contribution in [2.75, 3.05) is 24.7 Å². The molecule has 0 radical (unpaired) electrons. The van der Waals surface area contributed by atoms with Gasteiger partial charge in [0.15, 0.2) is 0 Å². The lowest BCUT2D eigenvalue weighted by atomic mass is 10.1. The molecule has 2 nitrogen and oxygen atoms in total. The van der Waals surface area contributed by atoms with Crippen molar-refractivity contribution in [1.82, 2.24) is 0 Å². The van der Waals surface area contributed by atoms with Crippen molar-refractivity contribution >= 4 is 45.3 Å². The first-order valence-electron chi connectivity index (χ1n) is 4.84. The van der Waals surface area contributed by atoms with Gasteiger partial charge in [0.1, 0.15) is 0 Å². The molecule has 0 aliphatic rings. The Kier molecular flexibility index (Phi) is 2.87. The molecule has 2 rings (SSSR count). The van der Waals surface area contributed by atoms with Crippen LogP contribution in [-0.2, 0) is 0 Å². The molecule has 4 heteroatoms. The summed E-state index contributed by atoms with van der Waals surface area (Å²) in [6, 6.07) is 7.39. The van der Waals surface area contributed by atoms with Crippen molar-refractivity contribution in [2.45, 2.75) is 0 Å². The van der Waals surface area contributed by atoms with Gasteiger partial charge in [-0.05, 0) is 29.7 Å². The molecule has 84 valence electrons. The first kappa shape index (κ1) is 11.4. The van der Waals surface area contributed by atoms with Crippen LogP contribution in [0, 0.1) is 0 Å². The van der Waals surface area contributed by atoms with E-state index in [1.165, 1.54) is 0 Å². The average Bonchev–Trinajstić information content (AvgIpc) is 2.14. The summed E-state index contributed by atoms with van der Waals surface area (Å²) in [7, 11) is 3.91. The van der Waals surface area contributed by atoms with Gasteiger partial charge in [0.05, 0.1) is 0 Å². The first-order chi connectivity index (χ1) is 7.49. The van der Waals surface area contributed by atoms with E-state index in [1.807, 2.05) is 37.2 Å². The van der Waals surface area contributed by atoms with Gasteiger partial charge in [-0.25, -0.2) is 0 Å². The molecule has 0 atom stereocenters. The molecular formula is C12H12Cl2N2. The SMILES string of the molecule is CN(C)c1cc(Cl)cc2cc(Cl)cc(N)c12. The predicted molar refractivity (Wildman–Crippen MR) is 72.7 cm³/mol. The molecule has 0 fully saturated rings. The second-order valence-corrected chi connectivity index (χ2v) is 4.79. The van der Waals surface area contributed by atoms with Crippen molar-refractivity contribution in [1.29, 1.82) is 0 Å². The van der Waals surface area contributed by atoms with E-state index in [4.69, 9.17) is 28.9 Å². The highest BCUT2D eigenvalue weighted by Gasteiger charge is 2.09. The zero-order valence-corrected chi connectivity index (χ0v) is 10.6. The number of hydrogen-bond donors (Lipinski definition) is 1. The number of fused-ring (bicyclic) bond motifs is 1. The van der Waals surface area contributed by atoms with E-state index in [0.717, 1.165) is 16.5 Å². The van der Waals surface area contributed by atoms with Crippen molar-refractivity contribution in [2.24, 2.45) is 0 Å². The predicted octanol–water partition coefficient (Wildman–Crippen LogP) is 3.79. The highest BCUT2D eigenvalue weighted by atomic mass is 35.5. The maximum atomic E-state index is 6.06. The third-order valence-electron chi connectivity index (χ3n) is 2.47. The van der Waals surface area contributed by atoms with Gasteiger partial charge in [-0.15, -0.1) is 0 Å². The van der Waals surface area contributed by atoms with Crippen LogP contribution in [0.5, 0.6) is 0 Å². The highest BCUT2D eigenvalue weighted by Crippen LogP contribution is 2.35. The third kappa shape index (κ3) is 1.91. The number of nitrogens with zero attached hydrogens (tertiary/aromatic N) is 1. The van der Waals surface area contributed by atoms with Gasteiger partial charge in [0.25, 0.3) is 0 Å². The number of benzene rings is 2. The molecule has 2 aromatic carbocycles. The lowest BCUT2D eigenvalue weighted by Crippen LogP contribution is -2.09. The van der Waals surface area contributed by atoms with Gasteiger partial charge in [-0.3, -0.25) is 0 Å². The summed E-state index contributed by atoms with van der Waals surface area (Å²) in [6.07, 6.45) is 0. The molecule has 2 aromatic rings. The van der Waals surface area contributed by atoms with E-state index in [0.29, 0.717) is 15.7 Å². The van der Waals surface area contributed by atoms with Crippen LogP contribution in [0.3, 0.4) is 0 Å². The largest absolute Gasteiger partial charge is 0.398 e. The fourth-order valence-electron chi connectivity index (χ4n) is 1.81. The standard InChI is InChI=1S/C12H12Cl2N2/c1-16(2)11-6-9(14)4-7-3-8(13)5-10(15)12(7)11/h3-6H,15H2,1-2H3. The summed E-state index contributed by atoms with van der Waals surface area (Å²) in [4.78, 5) is 1.98. The molecule has 0 heterocycles. The van der Waals surface area contributed by atoms with E-state index in [1.54, 1.807) is 6.07 Å². The fourth-order valence-corrected chi connectivity index (χ4v) is 2.26. The molecule has 0 spiro atoms. The minimum absolute atomic E-state index is 0.622. The Morgan fingerprint density at radius 3 is 2.12 bits per heavy atom. The molecule has 0 aliphatic carbocycles. The second-order valence-electron chi connectivity index (χ2n) is 3.91. The minimum atomic E-state index is 0.622. The number of hydrogen-bond acceptors (Lipinski definition) is 2. The van der Waals surface area contributed by atoms with Gasteiger partial charge in [0.2, 0.25) is 0 Å². The molecule has 16 heavy (non-hydrogen) atoms. The molecule has 2 N–H and O–H groups in total. The van der Waals surface area contributed by atoms with Crippen molar-refractivity contribution in [3.63, 3.8) is 0 Å². The van der Waals surface area contributed by atoms with Crippen LogP contribution in [0.1, 0.15) is 0 Å². The van der Waals surface area contributed by atoms with Crippen molar-refractivity contribution < 1.29 is 0 Å². The van der Waals surface area contributed by atoms with E-state index in [9.17, 15) is 0 Å². The van der Waals surface area contributed by atoms with Crippen LogP contribution < -0.4 is 10.6 Å². The summed E-state index contributed by atoms with van der Waals surface area (Å²) >= 11 is 12.0. The lowest BCUT2D eigenvalue weighted by Gasteiger charge is -2.17. The molecular weight excluding hydrogens is 243 g/mol. The molecule has 0 saturated carbocycles. The Hall–Kier alpha value is -1.12. The van der Waals surface area contributed by atoms with Crippen LogP contribution >= 0.6 is 23.2 Å². The highest BCUT2D eigenvalue weighted by molar-refractivity contribution is 6.34. The first-order valence-corrected chi connectivity index (χ1v) is 5.60. The molecule has 0 saturated heterocycles. The quantitative estimate of drug-likeness (QED) is 0.785. The van der Waals surface area contributed by atoms with Gasteiger partial charge < -0.3 is 10.6 Å². The number of rotatable bonds is 1. The number of nitrogen functional groups attached to an aromatic ring is 1. The Bertz CT molecular complexity index is 545.